The first-order valence-electron chi connectivity index (χ1n) is 9.66. The van der Waals surface area contributed by atoms with E-state index in [1.807, 2.05) is 25.1 Å². The Morgan fingerprint density at radius 2 is 1.89 bits per heavy atom. The molecule has 0 saturated heterocycles. The molecule has 0 amide bonds. The zero-order valence-electron chi connectivity index (χ0n) is 16.5. The van der Waals surface area contributed by atoms with Gasteiger partial charge in [0.05, 0.1) is 30.7 Å². The number of carboxylic acids is 1. The highest BCUT2D eigenvalue weighted by Crippen LogP contribution is 2.28. The van der Waals surface area contributed by atoms with Crippen LogP contribution in [0.3, 0.4) is 0 Å². The second-order valence-corrected chi connectivity index (χ2v) is 6.27. The number of hydrazone groups is 1. The lowest BCUT2D eigenvalue weighted by Gasteiger charge is -2.12. The molecule has 2 rings (SSSR count). The van der Waals surface area contributed by atoms with Crippen LogP contribution in [0, 0.1) is 0 Å². The molecule has 0 aliphatic carbocycles. The molecule has 0 fully saturated rings. The molecule has 0 aliphatic rings. The molecule has 6 nitrogen and oxygen atoms in total. The third kappa shape index (κ3) is 6.61. The van der Waals surface area contributed by atoms with Crippen LogP contribution in [0.1, 0.15) is 55.5 Å². The topological polar surface area (TPSA) is 80.2 Å². The van der Waals surface area contributed by atoms with E-state index in [0.29, 0.717) is 24.7 Å². The molecule has 0 atom stereocenters. The molecule has 0 saturated carbocycles. The summed E-state index contributed by atoms with van der Waals surface area (Å²) >= 11 is 0. The fourth-order valence-electron chi connectivity index (χ4n) is 2.65. The maximum Gasteiger partial charge on any atom is 0.337 e. The Kier molecular flexibility index (Phi) is 8.85. The number of aromatic carboxylic acids is 1. The number of hydrogen-bond donors (Lipinski definition) is 2. The van der Waals surface area contributed by atoms with Gasteiger partial charge in [-0.05, 0) is 49.2 Å². The monoisotopic (exact) mass is 384 g/mol. The van der Waals surface area contributed by atoms with Gasteiger partial charge in [-0.1, -0.05) is 38.3 Å². The third-order valence-corrected chi connectivity index (χ3v) is 4.08. The summed E-state index contributed by atoms with van der Waals surface area (Å²) in [4.78, 5) is 11.2. The summed E-state index contributed by atoms with van der Waals surface area (Å²) in [7, 11) is 0. The molecular formula is C22H28N2O4. The Labute approximate surface area is 166 Å². The van der Waals surface area contributed by atoms with Crippen molar-refractivity contribution >= 4 is 17.9 Å². The Balaban J connectivity index is 2.02. The van der Waals surface area contributed by atoms with Crippen LogP contribution in [-0.2, 0) is 0 Å². The molecular weight excluding hydrogens is 356 g/mol. The standard InChI is InChI=1S/C22H28N2O4/c1-3-5-6-9-14-28-20-13-12-17(15-21(20)27-4-2)16-23-24-19-11-8-7-10-18(19)22(25)26/h7-8,10-13,15-16,24H,3-6,9,14H2,1-2H3,(H,25,26)/b23-16+. The Morgan fingerprint density at radius 1 is 1.07 bits per heavy atom. The number of ether oxygens (including phenoxy) is 2. The lowest BCUT2D eigenvalue weighted by Crippen LogP contribution is -2.03. The summed E-state index contributed by atoms with van der Waals surface area (Å²) < 4.78 is 11.5. The van der Waals surface area contributed by atoms with Crippen molar-refractivity contribution in [1.29, 1.82) is 0 Å². The molecule has 0 spiro atoms. The van der Waals surface area contributed by atoms with Crippen LogP contribution in [0.15, 0.2) is 47.6 Å². The normalized spacial score (nSPS) is 10.8. The number of anilines is 1. The van der Waals surface area contributed by atoms with Crippen molar-refractivity contribution in [3.63, 3.8) is 0 Å². The molecule has 6 heteroatoms. The van der Waals surface area contributed by atoms with Gasteiger partial charge in [0.25, 0.3) is 0 Å². The zero-order chi connectivity index (χ0) is 20.2. The van der Waals surface area contributed by atoms with Gasteiger partial charge in [-0.15, -0.1) is 0 Å². The second kappa shape index (κ2) is 11.6. The number of nitrogens with zero attached hydrogens (tertiary/aromatic N) is 1. The van der Waals surface area contributed by atoms with E-state index in [0.717, 1.165) is 24.2 Å². The van der Waals surface area contributed by atoms with Gasteiger partial charge >= 0.3 is 5.97 Å². The van der Waals surface area contributed by atoms with Gasteiger partial charge in [-0.25, -0.2) is 4.79 Å². The van der Waals surface area contributed by atoms with E-state index in [-0.39, 0.29) is 5.56 Å². The third-order valence-electron chi connectivity index (χ3n) is 4.08. The van der Waals surface area contributed by atoms with Crippen molar-refractivity contribution in [2.24, 2.45) is 5.10 Å². The summed E-state index contributed by atoms with van der Waals surface area (Å²) in [5.41, 5.74) is 4.20. The first-order valence-corrected chi connectivity index (χ1v) is 9.66. The molecule has 0 radical (unpaired) electrons. The van der Waals surface area contributed by atoms with Gasteiger partial charge in [-0.2, -0.15) is 5.10 Å². The minimum atomic E-state index is -1.00. The van der Waals surface area contributed by atoms with Crippen LogP contribution < -0.4 is 14.9 Å². The minimum absolute atomic E-state index is 0.168. The average Bonchev–Trinajstić information content (AvgIpc) is 2.69. The number of carboxylic acid groups (broad SMARTS) is 1. The summed E-state index contributed by atoms with van der Waals surface area (Å²) in [5, 5.41) is 13.4. The molecule has 0 heterocycles. The van der Waals surface area contributed by atoms with Crippen molar-refractivity contribution < 1.29 is 19.4 Å². The first kappa shape index (κ1) is 21.3. The van der Waals surface area contributed by atoms with Crippen LogP contribution in [-0.4, -0.2) is 30.5 Å². The van der Waals surface area contributed by atoms with Gasteiger partial charge in [0.1, 0.15) is 0 Å². The quantitative estimate of drug-likeness (QED) is 0.299. The Morgan fingerprint density at radius 3 is 2.64 bits per heavy atom. The Hall–Kier alpha value is -3.02. The smallest absolute Gasteiger partial charge is 0.337 e. The van der Waals surface area contributed by atoms with Crippen LogP contribution in [0.4, 0.5) is 5.69 Å². The van der Waals surface area contributed by atoms with Crippen LogP contribution in [0.5, 0.6) is 11.5 Å². The summed E-state index contributed by atoms with van der Waals surface area (Å²) in [6.45, 7) is 5.32. The fourth-order valence-corrected chi connectivity index (χ4v) is 2.65. The van der Waals surface area contributed by atoms with Crippen LogP contribution >= 0.6 is 0 Å². The van der Waals surface area contributed by atoms with E-state index in [9.17, 15) is 9.90 Å². The molecule has 0 bridgehead atoms. The van der Waals surface area contributed by atoms with Crippen molar-refractivity contribution in [1.82, 2.24) is 0 Å². The molecule has 2 aromatic rings. The minimum Gasteiger partial charge on any atom is -0.490 e. The summed E-state index contributed by atoms with van der Waals surface area (Å²) in [6, 6.07) is 12.2. The fraction of sp³-hybridized carbons (Fsp3) is 0.364. The number of benzene rings is 2. The van der Waals surface area contributed by atoms with E-state index in [1.165, 1.54) is 18.9 Å². The first-order chi connectivity index (χ1) is 13.7. The average molecular weight is 384 g/mol. The van der Waals surface area contributed by atoms with Crippen molar-refractivity contribution in [2.45, 2.75) is 39.5 Å². The largest absolute Gasteiger partial charge is 0.490 e. The van der Waals surface area contributed by atoms with Gasteiger partial charge in [-0.3, -0.25) is 5.43 Å². The molecule has 150 valence electrons. The van der Waals surface area contributed by atoms with Crippen LogP contribution in [0.25, 0.3) is 0 Å². The van der Waals surface area contributed by atoms with Crippen LogP contribution in [0.2, 0.25) is 0 Å². The van der Waals surface area contributed by atoms with E-state index in [2.05, 4.69) is 17.5 Å². The molecule has 0 aliphatic heterocycles. The lowest BCUT2D eigenvalue weighted by molar-refractivity contribution is 0.0698. The predicted octanol–water partition coefficient (Wildman–Crippen LogP) is 5.19. The maximum absolute atomic E-state index is 11.2. The number of nitrogens with one attached hydrogen (secondary N) is 1. The molecule has 2 aromatic carbocycles. The Bertz CT molecular complexity index is 790. The van der Waals surface area contributed by atoms with Crippen molar-refractivity contribution in [3.8, 4) is 11.5 Å². The number of para-hydroxylation sites is 1. The number of unbranched alkanes of at least 4 members (excludes halogenated alkanes) is 3. The zero-order valence-corrected chi connectivity index (χ0v) is 16.5. The molecule has 0 aromatic heterocycles. The molecule has 2 N–H and O–H groups in total. The lowest BCUT2D eigenvalue weighted by atomic mass is 10.2. The number of rotatable bonds is 12. The van der Waals surface area contributed by atoms with Gasteiger partial charge in [0, 0.05) is 0 Å². The highest BCUT2D eigenvalue weighted by atomic mass is 16.5. The SMILES string of the molecule is CCCCCCOc1ccc(/C=N/Nc2ccccc2C(=O)O)cc1OCC. The van der Waals surface area contributed by atoms with Crippen molar-refractivity contribution in [3.05, 3.63) is 53.6 Å². The summed E-state index contributed by atoms with van der Waals surface area (Å²) in [6.07, 6.45) is 6.22. The molecule has 28 heavy (non-hydrogen) atoms. The van der Waals surface area contributed by atoms with E-state index in [1.54, 1.807) is 24.4 Å². The maximum atomic E-state index is 11.2. The van der Waals surface area contributed by atoms with Gasteiger partial charge in [0.15, 0.2) is 11.5 Å². The van der Waals surface area contributed by atoms with Gasteiger partial charge < -0.3 is 14.6 Å². The van der Waals surface area contributed by atoms with E-state index >= 15 is 0 Å². The summed E-state index contributed by atoms with van der Waals surface area (Å²) in [5.74, 6) is 0.393. The number of hydrogen-bond acceptors (Lipinski definition) is 5. The van der Waals surface area contributed by atoms with E-state index in [4.69, 9.17) is 9.47 Å². The number of carbonyl (C=O) groups is 1. The van der Waals surface area contributed by atoms with Gasteiger partial charge in [0.2, 0.25) is 0 Å². The van der Waals surface area contributed by atoms with Crippen molar-refractivity contribution in [2.75, 3.05) is 18.6 Å². The second-order valence-electron chi connectivity index (χ2n) is 6.27. The molecule has 0 unspecified atom stereocenters. The van der Waals surface area contributed by atoms with E-state index < -0.39 is 5.97 Å². The predicted molar refractivity (Wildman–Crippen MR) is 112 cm³/mol. The highest BCUT2D eigenvalue weighted by molar-refractivity contribution is 5.94. The highest BCUT2D eigenvalue weighted by Gasteiger charge is 2.08.